The molecule has 0 unspecified atom stereocenters. The average Bonchev–Trinajstić information content (AvgIpc) is 2.53. The van der Waals surface area contributed by atoms with Gasteiger partial charge in [0, 0.05) is 17.5 Å². The monoisotopic (exact) mass is 321 g/mol. The van der Waals surface area contributed by atoms with Crippen LogP contribution in [0.25, 0.3) is 16.5 Å². The Morgan fingerprint density at radius 3 is 2.57 bits per heavy atom. The van der Waals surface area contributed by atoms with Crippen molar-refractivity contribution in [1.29, 1.82) is 0 Å². The average molecular weight is 321 g/mol. The number of ketones is 1. The van der Waals surface area contributed by atoms with Crippen molar-refractivity contribution in [2.45, 2.75) is 13.1 Å². The fourth-order valence-corrected chi connectivity index (χ4v) is 2.91. The molecular formula is C17H14F3NO2. The molecule has 23 heavy (non-hydrogen) atoms. The van der Waals surface area contributed by atoms with Gasteiger partial charge < -0.3 is 10.0 Å². The fourth-order valence-electron chi connectivity index (χ4n) is 2.91. The number of benzene rings is 2. The zero-order valence-electron chi connectivity index (χ0n) is 12.3. The van der Waals surface area contributed by atoms with E-state index in [4.69, 9.17) is 0 Å². The van der Waals surface area contributed by atoms with Crippen molar-refractivity contribution in [2.75, 3.05) is 18.0 Å². The molecule has 1 aliphatic heterocycles. The van der Waals surface area contributed by atoms with E-state index in [2.05, 4.69) is 0 Å². The molecule has 120 valence electrons. The Hall–Kier alpha value is -2.50. The molecule has 0 spiro atoms. The van der Waals surface area contributed by atoms with Crippen molar-refractivity contribution in [2.24, 2.45) is 0 Å². The Bertz CT molecular complexity index is 824. The van der Waals surface area contributed by atoms with Crippen molar-refractivity contribution < 1.29 is 23.1 Å². The number of hydrogen-bond acceptors (Lipinski definition) is 3. The van der Waals surface area contributed by atoms with Gasteiger partial charge in [0.05, 0.1) is 17.8 Å². The van der Waals surface area contributed by atoms with Gasteiger partial charge in [0.2, 0.25) is 0 Å². The van der Waals surface area contributed by atoms with Gasteiger partial charge in [-0.25, -0.2) is 0 Å². The molecule has 0 saturated heterocycles. The Labute approximate surface area is 130 Å². The fraction of sp³-hybridized carbons (Fsp3) is 0.235. The summed E-state index contributed by atoms with van der Waals surface area (Å²) < 4.78 is 38.3. The molecule has 1 heterocycles. The lowest BCUT2D eigenvalue weighted by Crippen LogP contribution is -2.37. The largest absolute Gasteiger partial charge is 0.507 e. The molecule has 0 saturated carbocycles. The Kier molecular flexibility index (Phi) is 3.55. The lowest BCUT2D eigenvalue weighted by molar-refractivity contribution is -0.166. The van der Waals surface area contributed by atoms with E-state index < -0.39 is 23.3 Å². The molecule has 1 N–H and O–H groups in total. The summed E-state index contributed by atoms with van der Waals surface area (Å²) in [6, 6.07) is 10.7. The van der Waals surface area contributed by atoms with E-state index >= 15 is 0 Å². The molecule has 3 nitrogen and oxygen atoms in total. The van der Waals surface area contributed by atoms with Crippen LogP contribution in [0.2, 0.25) is 0 Å². The number of aliphatic hydroxyl groups is 1. The summed E-state index contributed by atoms with van der Waals surface area (Å²) >= 11 is 0. The number of fused-ring (bicyclic) bond motifs is 3. The highest BCUT2D eigenvalue weighted by molar-refractivity contribution is 6.10. The lowest BCUT2D eigenvalue weighted by Gasteiger charge is -2.32. The first-order chi connectivity index (χ1) is 10.8. The SMILES string of the molecule is CCN1CC(C(=O)C(F)(F)F)=C(O)c2ccc3ccccc3c21. The van der Waals surface area contributed by atoms with Crippen LogP contribution in [0.15, 0.2) is 42.0 Å². The van der Waals surface area contributed by atoms with Gasteiger partial charge in [0.15, 0.2) is 0 Å². The van der Waals surface area contributed by atoms with Crippen molar-refractivity contribution in [1.82, 2.24) is 0 Å². The van der Waals surface area contributed by atoms with Crippen LogP contribution in [-0.4, -0.2) is 30.2 Å². The first-order valence-corrected chi connectivity index (χ1v) is 7.15. The number of likely N-dealkylation sites (N-methyl/N-ethyl adjacent to an activating group) is 1. The first-order valence-electron chi connectivity index (χ1n) is 7.15. The van der Waals surface area contributed by atoms with E-state index in [0.29, 0.717) is 12.2 Å². The molecule has 0 bridgehead atoms. The van der Waals surface area contributed by atoms with E-state index in [9.17, 15) is 23.1 Å². The number of carbonyl (C=O) groups excluding carboxylic acids is 1. The number of anilines is 1. The highest BCUT2D eigenvalue weighted by Gasteiger charge is 2.44. The van der Waals surface area contributed by atoms with Crippen LogP contribution < -0.4 is 4.90 Å². The van der Waals surface area contributed by atoms with Crippen LogP contribution >= 0.6 is 0 Å². The van der Waals surface area contributed by atoms with E-state index in [0.717, 1.165) is 10.8 Å². The Morgan fingerprint density at radius 2 is 1.91 bits per heavy atom. The molecule has 0 radical (unpaired) electrons. The molecule has 0 amide bonds. The van der Waals surface area contributed by atoms with Gasteiger partial charge >= 0.3 is 6.18 Å². The zero-order chi connectivity index (χ0) is 16.8. The van der Waals surface area contributed by atoms with Gasteiger partial charge in [-0.3, -0.25) is 4.79 Å². The van der Waals surface area contributed by atoms with Crippen LogP contribution in [-0.2, 0) is 4.79 Å². The van der Waals surface area contributed by atoms with Gasteiger partial charge in [-0.15, -0.1) is 0 Å². The summed E-state index contributed by atoms with van der Waals surface area (Å²) in [6.45, 7) is 1.95. The van der Waals surface area contributed by atoms with Gasteiger partial charge in [-0.05, 0) is 18.4 Å². The minimum Gasteiger partial charge on any atom is -0.507 e. The number of carbonyl (C=O) groups is 1. The molecule has 0 aromatic heterocycles. The van der Waals surface area contributed by atoms with E-state index in [-0.39, 0.29) is 12.1 Å². The number of nitrogens with zero attached hydrogens (tertiary/aromatic N) is 1. The Morgan fingerprint density at radius 1 is 1.22 bits per heavy atom. The molecule has 0 fully saturated rings. The lowest BCUT2D eigenvalue weighted by atomic mass is 9.94. The maximum Gasteiger partial charge on any atom is 0.454 e. The predicted molar refractivity (Wildman–Crippen MR) is 82.4 cm³/mol. The van der Waals surface area contributed by atoms with Crippen LogP contribution in [0.4, 0.5) is 18.9 Å². The van der Waals surface area contributed by atoms with Crippen molar-refractivity contribution in [3.8, 4) is 0 Å². The standard InChI is InChI=1S/C17H14F3NO2/c1-2-21-9-13(16(23)17(18,19)20)15(22)12-8-7-10-5-3-4-6-11(10)14(12)21/h3-8,22H,2,9H2,1H3. The third-order valence-corrected chi connectivity index (χ3v) is 4.02. The van der Waals surface area contributed by atoms with E-state index in [1.54, 1.807) is 24.0 Å². The highest BCUT2D eigenvalue weighted by Crippen LogP contribution is 2.40. The predicted octanol–water partition coefficient (Wildman–Crippen LogP) is 4.08. The van der Waals surface area contributed by atoms with Crippen LogP contribution in [0.5, 0.6) is 0 Å². The maximum absolute atomic E-state index is 12.8. The number of aliphatic hydroxyl groups excluding tert-OH is 1. The van der Waals surface area contributed by atoms with Crippen molar-refractivity contribution in [3.05, 3.63) is 47.5 Å². The molecule has 2 aromatic rings. The molecule has 2 aromatic carbocycles. The number of alkyl halides is 3. The second-order valence-corrected chi connectivity index (χ2v) is 5.35. The van der Waals surface area contributed by atoms with Crippen LogP contribution in [0.1, 0.15) is 12.5 Å². The van der Waals surface area contributed by atoms with Crippen molar-refractivity contribution >= 4 is 28.0 Å². The van der Waals surface area contributed by atoms with Gasteiger partial charge in [0.1, 0.15) is 5.76 Å². The van der Waals surface area contributed by atoms with Crippen molar-refractivity contribution in [3.63, 3.8) is 0 Å². The molecule has 1 aliphatic rings. The number of rotatable bonds is 2. The maximum atomic E-state index is 12.8. The normalized spacial score (nSPS) is 15.0. The zero-order valence-corrected chi connectivity index (χ0v) is 12.3. The summed E-state index contributed by atoms with van der Waals surface area (Å²) in [5, 5.41) is 12.0. The summed E-state index contributed by atoms with van der Waals surface area (Å²) in [5.41, 5.74) is 0.299. The topological polar surface area (TPSA) is 40.5 Å². The molecule has 3 rings (SSSR count). The van der Waals surface area contributed by atoms with Gasteiger partial charge in [0.25, 0.3) is 5.78 Å². The van der Waals surface area contributed by atoms with Gasteiger partial charge in [-0.1, -0.05) is 30.3 Å². The highest BCUT2D eigenvalue weighted by atomic mass is 19.4. The number of Topliss-reactive ketones (excluding diaryl/α,β-unsaturated/α-hetero) is 1. The second kappa shape index (κ2) is 5.30. The number of hydrogen-bond donors (Lipinski definition) is 1. The number of halogens is 3. The smallest absolute Gasteiger partial charge is 0.454 e. The molecule has 0 aliphatic carbocycles. The molecule has 0 atom stereocenters. The van der Waals surface area contributed by atoms with Gasteiger partial charge in [-0.2, -0.15) is 13.2 Å². The Balaban J connectivity index is 2.27. The van der Waals surface area contributed by atoms with Crippen LogP contribution in [0.3, 0.4) is 0 Å². The van der Waals surface area contributed by atoms with E-state index in [1.165, 1.54) is 0 Å². The minimum absolute atomic E-state index is 0.254. The second-order valence-electron chi connectivity index (χ2n) is 5.35. The quantitative estimate of drug-likeness (QED) is 0.906. The third kappa shape index (κ3) is 2.44. The van der Waals surface area contributed by atoms with Crippen LogP contribution in [0, 0.1) is 0 Å². The summed E-state index contributed by atoms with van der Waals surface area (Å²) in [7, 11) is 0. The summed E-state index contributed by atoms with van der Waals surface area (Å²) in [6.07, 6.45) is -5.00. The molecule has 6 heteroatoms. The minimum atomic E-state index is -5.00. The summed E-state index contributed by atoms with van der Waals surface area (Å²) in [4.78, 5) is 13.3. The first kappa shape index (κ1) is 15.4. The molecular weight excluding hydrogens is 307 g/mol. The summed E-state index contributed by atoms with van der Waals surface area (Å²) in [5.74, 6) is -2.58. The van der Waals surface area contributed by atoms with E-state index in [1.807, 2.05) is 24.3 Å². The third-order valence-electron chi connectivity index (χ3n) is 4.02.